The van der Waals surface area contributed by atoms with Crippen LogP contribution < -0.4 is 5.32 Å². The maximum atomic E-state index is 11.5. The van der Waals surface area contributed by atoms with Crippen LogP contribution in [-0.4, -0.2) is 43.8 Å². The van der Waals surface area contributed by atoms with Crippen molar-refractivity contribution in [3.63, 3.8) is 0 Å². The molecule has 120 valence electrons. The Hall–Kier alpha value is -1.95. The average Bonchev–Trinajstić information content (AvgIpc) is 2.56. The van der Waals surface area contributed by atoms with E-state index in [0.717, 1.165) is 23.5 Å². The van der Waals surface area contributed by atoms with Crippen LogP contribution >= 0.6 is 11.8 Å². The molecule has 1 N–H and O–H groups in total. The molecular weight excluding hydrogens is 302 g/mol. The fourth-order valence-corrected chi connectivity index (χ4v) is 2.27. The molecule has 0 saturated carbocycles. The standard InChI is InChI=1S/C16H21NO4S/c1-20-16(19)17-10-5-12-22-13-11-21-15(18)9-8-14-6-3-2-4-7-14/h2-4,6-9H,5,10-13H2,1H3,(H,17,19)/b9-8+. The van der Waals surface area contributed by atoms with E-state index in [1.165, 1.54) is 13.2 Å². The van der Waals surface area contributed by atoms with Crippen molar-refractivity contribution in [1.29, 1.82) is 0 Å². The van der Waals surface area contributed by atoms with Crippen LogP contribution in [-0.2, 0) is 14.3 Å². The van der Waals surface area contributed by atoms with Crippen molar-refractivity contribution in [3.05, 3.63) is 42.0 Å². The first-order valence-corrected chi connectivity index (χ1v) is 8.17. The second-order valence-electron chi connectivity index (χ2n) is 4.30. The normalized spacial score (nSPS) is 10.4. The van der Waals surface area contributed by atoms with Crippen molar-refractivity contribution in [2.24, 2.45) is 0 Å². The molecule has 0 aliphatic carbocycles. The van der Waals surface area contributed by atoms with Crippen molar-refractivity contribution in [2.45, 2.75) is 6.42 Å². The first kappa shape index (κ1) is 18.1. The molecule has 0 spiro atoms. The number of methoxy groups -OCH3 is 1. The van der Waals surface area contributed by atoms with Gasteiger partial charge in [0.25, 0.3) is 0 Å². The number of rotatable bonds is 9. The maximum absolute atomic E-state index is 11.5. The van der Waals surface area contributed by atoms with Crippen molar-refractivity contribution in [3.8, 4) is 0 Å². The number of nitrogens with one attached hydrogen (secondary N) is 1. The van der Waals surface area contributed by atoms with Gasteiger partial charge in [0.15, 0.2) is 0 Å². The first-order valence-electron chi connectivity index (χ1n) is 7.02. The zero-order valence-electron chi connectivity index (χ0n) is 12.6. The molecule has 0 radical (unpaired) electrons. The summed E-state index contributed by atoms with van der Waals surface area (Å²) in [5.74, 6) is 1.29. The Bertz CT molecular complexity index is 476. The van der Waals surface area contributed by atoms with Crippen molar-refractivity contribution in [1.82, 2.24) is 5.32 Å². The Morgan fingerprint density at radius 1 is 1.23 bits per heavy atom. The minimum Gasteiger partial charge on any atom is -0.462 e. The predicted molar refractivity (Wildman–Crippen MR) is 88.8 cm³/mol. The monoisotopic (exact) mass is 323 g/mol. The van der Waals surface area contributed by atoms with Gasteiger partial charge in [0.1, 0.15) is 6.61 Å². The molecule has 0 aromatic heterocycles. The lowest BCUT2D eigenvalue weighted by Gasteiger charge is -2.04. The van der Waals surface area contributed by atoms with Gasteiger partial charge < -0.3 is 14.8 Å². The molecule has 5 nitrogen and oxygen atoms in total. The van der Waals surface area contributed by atoms with Crippen LogP contribution in [0.15, 0.2) is 36.4 Å². The van der Waals surface area contributed by atoms with E-state index in [-0.39, 0.29) is 5.97 Å². The zero-order valence-corrected chi connectivity index (χ0v) is 13.4. The van der Waals surface area contributed by atoms with Gasteiger partial charge in [-0.25, -0.2) is 9.59 Å². The van der Waals surface area contributed by atoms with Crippen LogP contribution in [0.2, 0.25) is 0 Å². The SMILES string of the molecule is COC(=O)NCCCSCCOC(=O)/C=C/c1ccccc1. The maximum Gasteiger partial charge on any atom is 0.406 e. The van der Waals surface area contributed by atoms with E-state index in [1.807, 2.05) is 30.3 Å². The summed E-state index contributed by atoms with van der Waals surface area (Å²) in [6.45, 7) is 0.965. The quantitative estimate of drug-likeness (QED) is 0.430. The molecular formula is C16H21NO4S. The van der Waals surface area contributed by atoms with E-state index in [1.54, 1.807) is 17.8 Å². The summed E-state index contributed by atoms with van der Waals surface area (Å²) in [6.07, 6.45) is 3.60. The summed E-state index contributed by atoms with van der Waals surface area (Å²) in [4.78, 5) is 22.3. The number of esters is 1. The molecule has 6 heteroatoms. The van der Waals surface area contributed by atoms with Gasteiger partial charge in [-0.2, -0.15) is 11.8 Å². The molecule has 1 aromatic carbocycles. The second kappa shape index (κ2) is 11.7. The third-order valence-corrected chi connectivity index (χ3v) is 3.64. The van der Waals surface area contributed by atoms with Gasteiger partial charge in [0.2, 0.25) is 0 Å². The van der Waals surface area contributed by atoms with Gasteiger partial charge in [-0.15, -0.1) is 0 Å². The van der Waals surface area contributed by atoms with Crippen LogP contribution in [0, 0.1) is 0 Å². The molecule has 0 saturated heterocycles. The number of thioether (sulfide) groups is 1. The summed E-state index contributed by atoms with van der Waals surface area (Å²) < 4.78 is 9.55. The lowest BCUT2D eigenvalue weighted by atomic mass is 10.2. The molecule has 0 aliphatic heterocycles. The van der Waals surface area contributed by atoms with E-state index in [4.69, 9.17) is 4.74 Å². The third-order valence-electron chi connectivity index (χ3n) is 2.60. The van der Waals surface area contributed by atoms with Gasteiger partial charge in [-0.3, -0.25) is 0 Å². The molecule has 0 fully saturated rings. The lowest BCUT2D eigenvalue weighted by molar-refractivity contribution is -0.137. The van der Waals surface area contributed by atoms with Crippen molar-refractivity contribution < 1.29 is 19.1 Å². The fraction of sp³-hybridized carbons (Fsp3) is 0.375. The highest BCUT2D eigenvalue weighted by atomic mass is 32.2. The minimum atomic E-state index is -0.413. The molecule has 1 amide bonds. The summed E-state index contributed by atoms with van der Waals surface area (Å²) in [7, 11) is 1.34. The minimum absolute atomic E-state index is 0.336. The number of carbonyl (C=O) groups excluding carboxylic acids is 2. The number of ether oxygens (including phenoxy) is 2. The molecule has 0 atom stereocenters. The van der Waals surface area contributed by atoms with E-state index < -0.39 is 6.09 Å². The third kappa shape index (κ3) is 9.07. The number of alkyl carbamates (subject to hydrolysis) is 1. The van der Waals surface area contributed by atoms with Crippen LogP contribution in [0.3, 0.4) is 0 Å². The molecule has 0 heterocycles. The number of carbonyl (C=O) groups is 2. The highest BCUT2D eigenvalue weighted by Crippen LogP contribution is 2.03. The number of benzene rings is 1. The molecule has 0 aliphatic rings. The average molecular weight is 323 g/mol. The Balaban J connectivity index is 1.99. The van der Waals surface area contributed by atoms with Crippen LogP contribution in [0.25, 0.3) is 6.08 Å². The number of hydrogen-bond donors (Lipinski definition) is 1. The topological polar surface area (TPSA) is 64.6 Å². The Morgan fingerprint density at radius 3 is 2.73 bits per heavy atom. The van der Waals surface area contributed by atoms with Crippen molar-refractivity contribution in [2.75, 3.05) is 31.8 Å². The summed E-state index contributed by atoms with van der Waals surface area (Å²) in [5.41, 5.74) is 0.965. The molecule has 0 bridgehead atoms. The summed E-state index contributed by atoms with van der Waals surface area (Å²) in [6, 6.07) is 9.59. The van der Waals surface area contributed by atoms with Gasteiger partial charge in [-0.1, -0.05) is 30.3 Å². The molecule has 1 aromatic rings. The zero-order chi connectivity index (χ0) is 16.0. The Morgan fingerprint density at radius 2 is 2.00 bits per heavy atom. The number of amides is 1. The van der Waals surface area contributed by atoms with E-state index in [9.17, 15) is 9.59 Å². The highest BCUT2D eigenvalue weighted by molar-refractivity contribution is 7.99. The molecule has 1 rings (SSSR count). The Labute approximate surface area is 135 Å². The summed E-state index contributed by atoms with van der Waals surface area (Å²) in [5, 5.41) is 2.60. The molecule has 22 heavy (non-hydrogen) atoms. The first-order chi connectivity index (χ1) is 10.7. The second-order valence-corrected chi connectivity index (χ2v) is 5.52. The van der Waals surface area contributed by atoms with Gasteiger partial charge in [-0.05, 0) is 23.8 Å². The van der Waals surface area contributed by atoms with Gasteiger partial charge in [0.05, 0.1) is 7.11 Å². The predicted octanol–water partition coefficient (Wildman–Crippen LogP) is 2.72. The van der Waals surface area contributed by atoms with Crippen LogP contribution in [0.5, 0.6) is 0 Å². The van der Waals surface area contributed by atoms with Crippen LogP contribution in [0.4, 0.5) is 4.79 Å². The largest absolute Gasteiger partial charge is 0.462 e. The lowest BCUT2D eigenvalue weighted by Crippen LogP contribution is -2.24. The number of hydrogen-bond acceptors (Lipinski definition) is 5. The van der Waals surface area contributed by atoms with Gasteiger partial charge in [0, 0.05) is 18.4 Å². The van der Waals surface area contributed by atoms with Crippen LogP contribution in [0.1, 0.15) is 12.0 Å². The van der Waals surface area contributed by atoms with E-state index >= 15 is 0 Å². The fourth-order valence-electron chi connectivity index (χ4n) is 1.52. The van der Waals surface area contributed by atoms with Gasteiger partial charge >= 0.3 is 12.1 Å². The highest BCUT2D eigenvalue weighted by Gasteiger charge is 1.99. The molecule has 0 unspecified atom stereocenters. The van der Waals surface area contributed by atoms with Crippen molar-refractivity contribution >= 4 is 29.9 Å². The summed E-state index contributed by atoms with van der Waals surface area (Å²) >= 11 is 1.68. The Kier molecular flexibility index (Phi) is 9.61. The smallest absolute Gasteiger partial charge is 0.406 e. The van der Waals surface area contributed by atoms with E-state index in [2.05, 4.69) is 10.1 Å². The van der Waals surface area contributed by atoms with E-state index in [0.29, 0.717) is 13.2 Å².